The van der Waals surface area contributed by atoms with Gasteiger partial charge in [0.2, 0.25) is 0 Å². The van der Waals surface area contributed by atoms with Gasteiger partial charge in [0, 0.05) is 75.0 Å². The van der Waals surface area contributed by atoms with Gasteiger partial charge in [-0.05, 0) is 55.7 Å². The minimum Gasteiger partial charge on any atom is -0.458 e. The Bertz CT molecular complexity index is 1160. The third-order valence-electron chi connectivity index (χ3n) is 12.6. The molecule has 0 amide bonds. The number of rotatable bonds is 8. The van der Waals surface area contributed by atoms with Crippen molar-refractivity contribution in [2.24, 2.45) is 40.4 Å². The Labute approximate surface area is 238 Å². The molecule has 1 spiro atoms. The summed E-state index contributed by atoms with van der Waals surface area (Å²) in [5.74, 6) is 0.316. The number of ether oxygens (including phenoxy) is 4. The molecule has 7 heteroatoms. The second-order valence-corrected chi connectivity index (χ2v) is 13.6. The van der Waals surface area contributed by atoms with Gasteiger partial charge in [0.05, 0.1) is 24.4 Å². The summed E-state index contributed by atoms with van der Waals surface area (Å²) < 4.78 is 24.8. The Balaban J connectivity index is 1.31. The summed E-state index contributed by atoms with van der Waals surface area (Å²) in [5.41, 5.74) is -0.0262. The first-order valence-electron chi connectivity index (χ1n) is 15.3. The molecule has 218 valence electrons. The minimum absolute atomic E-state index is 0.0589. The molecule has 1 aromatic carbocycles. The fourth-order valence-electron chi connectivity index (χ4n) is 11.7. The van der Waals surface area contributed by atoms with Crippen molar-refractivity contribution in [2.45, 2.75) is 69.0 Å². The van der Waals surface area contributed by atoms with Crippen LogP contribution >= 0.6 is 0 Å². The third kappa shape index (κ3) is 3.39. The minimum atomic E-state index is -0.950. The van der Waals surface area contributed by atoms with E-state index in [9.17, 15) is 9.90 Å². The summed E-state index contributed by atoms with van der Waals surface area (Å²) in [6, 6.07) is 10.1. The molecule has 0 unspecified atom stereocenters. The number of piperidine rings is 1. The monoisotopic (exact) mass is 551 g/mol. The standard InChI is InChI=1S/C33H45NO6/c1-5-34-18-31(19-37-2)14-13-26(39-4)33-22-15-21-24(38-3)17-32(36,23(30(33)34)16-25(31)33)28(22)29(21)40-27(35)12-11-20-9-7-6-8-10-20/h6-12,21-26,28-30,36H,5,13-19H2,1-4H3/b12-11+/t21-,22-,23+,24-,25-,26+,28-,29-,30-,31+,32+,33-/m0/s1. The average Bonchev–Trinajstić information content (AvgIpc) is 3.41. The maximum Gasteiger partial charge on any atom is 0.331 e. The van der Waals surface area contributed by atoms with Crippen molar-refractivity contribution >= 4 is 12.0 Å². The number of carbonyl (C=O) groups excluding carboxylic acids is 1. The van der Waals surface area contributed by atoms with Gasteiger partial charge in [0.15, 0.2) is 0 Å². The molecular formula is C33H45NO6. The molecule has 7 rings (SSSR count). The predicted molar refractivity (Wildman–Crippen MR) is 150 cm³/mol. The lowest BCUT2D eigenvalue weighted by atomic mass is 9.43. The second-order valence-electron chi connectivity index (χ2n) is 13.6. The zero-order valence-corrected chi connectivity index (χ0v) is 24.3. The van der Waals surface area contributed by atoms with E-state index in [1.165, 1.54) is 6.08 Å². The number of methoxy groups -OCH3 is 3. The van der Waals surface area contributed by atoms with Gasteiger partial charge in [0.25, 0.3) is 0 Å². The highest BCUT2D eigenvalue weighted by Gasteiger charge is 2.84. The van der Waals surface area contributed by atoms with Gasteiger partial charge in [-0.15, -0.1) is 0 Å². The van der Waals surface area contributed by atoms with E-state index in [2.05, 4.69) is 11.8 Å². The molecule has 1 aliphatic heterocycles. The van der Waals surface area contributed by atoms with E-state index in [1.54, 1.807) is 7.11 Å². The molecule has 1 saturated heterocycles. The number of nitrogens with zero attached hydrogens (tertiary/aromatic N) is 1. The number of aliphatic hydroxyl groups is 1. The van der Waals surface area contributed by atoms with E-state index in [4.69, 9.17) is 18.9 Å². The molecule has 6 fully saturated rings. The van der Waals surface area contributed by atoms with Crippen LogP contribution in [0.3, 0.4) is 0 Å². The van der Waals surface area contributed by atoms with Crippen LogP contribution < -0.4 is 0 Å². The summed E-state index contributed by atoms with van der Waals surface area (Å²) in [6.45, 7) is 4.98. The van der Waals surface area contributed by atoms with Crippen molar-refractivity contribution in [1.82, 2.24) is 4.90 Å². The van der Waals surface area contributed by atoms with Crippen LogP contribution in [0.5, 0.6) is 0 Å². The Morgan fingerprint density at radius 1 is 1.12 bits per heavy atom. The Morgan fingerprint density at radius 3 is 2.62 bits per heavy atom. The molecular weight excluding hydrogens is 506 g/mol. The van der Waals surface area contributed by atoms with Crippen molar-refractivity contribution in [2.75, 3.05) is 41.0 Å². The molecule has 12 atom stereocenters. The SMILES string of the molecule is CCN1C[C@@]2(COC)CC[C@@H](OC)[C@@]34[C@@H]1[C@@H](C[C@@H]23)[C@]1(O)C[C@H](OC)[C@@H]2C[C@H]4[C@H]1[C@H]2OC(=O)/C=C/c1ccccc1. The van der Waals surface area contributed by atoms with Gasteiger partial charge in [0.1, 0.15) is 6.10 Å². The fraction of sp³-hybridized carbons (Fsp3) is 0.727. The maximum atomic E-state index is 13.3. The van der Waals surface area contributed by atoms with Crippen LogP contribution in [0, 0.1) is 40.4 Å². The molecule has 5 saturated carbocycles. The maximum absolute atomic E-state index is 13.3. The first-order valence-corrected chi connectivity index (χ1v) is 15.3. The average molecular weight is 552 g/mol. The number of hydrogen-bond acceptors (Lipinski definition) is 7. The molecule has 7 nitrogen and oxygen atoms in total. The van der Waals surface area contributed by atoms with Crippen molar-refractivity contribution in [3.8, 4) is 0 Å². The van der Waals surface area contributed by atoms with E-state index in [-0.39, 0.29) is 64.8 Å². The van der Waals surface area contributed by atoms with Crippen molar-refractivity contribution < 1.29 is 28.8 Å². The van der Waals surface area contributed by atoms with Crippen molar-refractivity contribution in [3.05, 3.63) is 42.0 Å². The van der Waals surface area contributed by atoms with Crippen LogP contribution in [0.4, 0.5) is 0 Å². The molecule has 0 radical (unpaired) electrons. The van der Waals surface area contributed by atoms with Crippen molar-refractivity contribution in [3.63, 3.8) is 0 Å². The highest BCUT2D eigenvalue weighted by Crippen LogP contribution is 2.79. The molecule has 1 N–H and O–H groups in total. The highest BCUT2D eigenvalue weighted by molar-refractivity contribution is 5.87. The van der Waals surface area contributed by atoms with Gasteiger partial charge < -0.3 is 24.1 Å². The lowest BCUT2D eigenvalue weighted by molar-refractivity contribution is -0.277. The molecule has 40 heavy (non-hydrogen) atoms. The first kappa shape index (κ1) is 27.1. The topological polar surface area (TPSA) is 77.5 Å². The van der Waals surface area contributed by atoms with Crippen LogP contribution in [0.15, 0.2) is 36.4 Å². The number of hydrogen-bond donors (Lipinski definition) is 1. The number of esters is 1. The van der Waals surface area contributed by atoms with Crippen LogP contribution in [0.25, 0.3) is 6.08 Å². The van der Waals surface area contributed by atoms with E-state index >= 15 is 0 Å². The predicted octanol–water partition coefficient (Wildman–Crippen LogP) is 3.80. The summed E-state index contributed by atoms with van der Waals surface area (Å²) in [7, 11) is 5.47. The number of benzene rings is 1. The quantitative estimate of drug-likeness (QED) is 0.389. The highest BCUT2D eigenvalue weighted by atomic mass is 16.5. The molecule has 1 aromatic rings. The number of likely N-dealkylation sites (tertiary alicyclic amines) is 1. The summed E-state index contributed by atoms with van der Waals surface area (Å²) in [6.07, 6.45) is 7.54. The zero-order chi connectivity index (χ0) is 27.9. The number of carbonyl (C=O) groups is 1. The van der Waals surface area contributed by atoms with Crippen LogP contribution in [0.1, 0.15) is 44.6 Å². The Hall–Kier alpha value is -1.77. The Morgan fingerprint density at radius 2 is 1.93 bits per heavy atom. The van der Waals surface area contributed by atoms with Gasteiger partial charge in [-0.25, -0.2) is 4.79 Å². The van der Waals surface area contributed by atoms with E-state index < -0.39 is 5.60 Å². The van der Waals surface area contributed by atoms with E-state index in [0.29, 0.717) is 12.3 Å². The normalized spacial score (nSPS) is 48.5. The summed E-state index contributed by atoms with van der Waals surface area (Å²) in [4.78, 5) is 16.0. The Kier molecular flexibility index (Phi) is 6.52. The lowest BCUT2D eigenvalue weighted by Crippen LogP contribution is -2.76. The van der Waals surface area contributed by atoms with Crippen molar-refractivity contribution in [1.29, 1.82) is 0 Å². The molecule has 1 heterocycles. The molecule has 0 aromatic heterocycles. The van der Waals surface area contributed by atoms with Crippen LogP contribution in [-0.4, -0.2) is 87.0 Å². The van der Waals surface area contributed by atoms with Gasteiger partial charge >= 0.3 is 5.97 Å². The van der Waals surface area contributed by atoms with Crippen LogP contribution in [0.2, 0.25) is 0 Å². The second kappa shape index (κ2) is 9.63. The third-order valence-corrected chi connectivity index (χ3v) is 12.6. The lowest BCUT2D eigenvalue weighted by Gasteiger charge is -2.69. The summed E-state index contributed by atoms with van der Waals surface area (Å²) >= 11 is 0. The van der Waals surface area contributed by atoms with Crippen LogP contribution in [-0.2, 0) is 23.7 Å². The first-order chi connectivity index (χ1) is 19.4. The van der Waals surface area contributed by atoms with Gasteiger partial charge in [-0.2, -0.15) is 0 Å². The molecule has 5 aliphatic carbocycles. The smallest absolute Gasteiger partial charge is 0.331 e. The van der Waals surface area contributed by atoms with Gasteiger partial charge in [-0.1, -0.05) is 37.3 Å². The van der Waals surface area contributed by atoms with E-state index in [1.807, 2.05) is 50.6 Å². The summed E-state index contributed by atoms with van der Waals surface area (Å²) in [5, 5.41) is 12.9. The molecule has 6 aliphatic rings. The van der Waals surface area contributed by atoms with E-state index in [0.717, 1.165) is 50.9 Å². The largest absolute Gasteiger partial charge is 0.458 e. The fourth-order valence-corrected chi connectivity index (χ4v) is 11.7. The van der Waals surface area contributed by atoms with Gasteiger partial charge in [-0.3, -0.25) is 4.90 Å². The number of fused-ring (bicyclic) bond motifs is 2. The zero-order valence-electron chi connectivity index (χ0n) is 24.3. The molecule has 7 bridgehead atoms.